The summed E-state index contributed by atoms with van der Waals surface area (Å²) >= 11 is 1.68. The molecule has 2 aliphatic rings. The van der Waals surface area contributed by atoms with E-state index in [1.807, 2.05) is 42.5 Å². The van der Waals surface area contributed by atoms with Crippen molar-refractivity contribution in [2.75, 3.05) is 32.0 Å². The Hall–Kier alpha value is -2.18. The minimum Gasteiger partial charge on any atom is -0.486 e. The van der Waals surface area contributed by atoms with Gasteiger partial charge in [0.2, 0.25) is 0 Å². The third-order valence-corrected chi connectivity index (χ3v) is 6.26. The van der Waals surface area contributed by atoms with E-state index in [0.29, 0.717) is 18.9 Å². The SMILES string of the molecule is O=C(NC[C@@H](c1ccco1)N1CCCCC1)C1=C(c2ccccc2)SCCO1. The molecular formula is C22H26N2O3S. The highest BCUT2D eigenvalue weighted by atomic mass is 32.2. The van der Waals surface area contributed by atoms with Crippen LogP contribution < -0.4 is 5.32 Å². The van der Waals surface area contributed by atoms with Crippen molar-refractivity contribution in [3.8, 4) is 0 Å². The van der Waals surface area contributed by atoms with Crippen molar-refractivity contribution in [3.63, 3.8) is 0 Å². The van der Waals surface area contributed by atoms with Crippen LogP contribution in [-0.4, -0.2) is 42.8 Å². The summed E-state index contributed by atoms with van der Waals surface area (Å²) in [7, 11) is 0. The second-order valence-corrected chi connectivity index (χ2v) is 8.16. The molecule has 1 amide bonds. The summed E-state index contributed by atoms with van der Waals surface area (Å²) in [4.78, 5) is 16.3. The van der Waals surface area contributed by atoms with Gasteiger partial charge in [0.15, 0.2) is 5.76 Å². The minimum absolute atomic E-state index is 0.0521. The Bertz CT molecular complexity index is 798. The van der Waals surface area contributed by atoms with Gasteiger partial charge in [0.25, 0.3) is 5.91 Å². The zero-order valence-corrected chi connectivity index (χ0v) is 16.7. The van der Waals surface area contributed by atoms with Crippen LogP contribution in [0.1, 0.15) is 36.6 Å². The molecule has 5 nitrogen and oxygen atoms in total. The average molecular weight is 399 g/mol. The van der Waals surface area contributed by atoms with Gasteiger partial charge in [-0.15, -0.1) is 11.8 Å². The smallest absolute Gasteiger partial charge is 0.287 e. The van der Waals surface area contributed by atoms with Crippen molar-refractivity contribution in [1.82, 2.24) is 10.2 Å². The number of carbonyl (C=O) groups excluding carboxylic acids is 1. The summed E-state index contributed by atoms with van der Waals surface area (Å²) in [6.07, 6.45) is 5.35. The number of benzene rings is 1. The molecule has 3 heterocycles. The number of rotatable bonds is 6. The number of amides is 1. The summed E-state index contributed by atoms with van der Waals surface area (Å²) in [6, 6.07) is 13.9. The molecule has 0 saturated carbocycles. The minimum atomic E-state index is -0.153. The molecule has 0 unspecified atom stereocenters. The quantitative estimate of drug-likeness (QED) is 0.795. The molecule has 2 aliphatic heterocycles. The van der Waals surface area contributed by atoms with E-state index >= 15 is 0 Å². The van der Waals surface area contributed by atoms with Crippen molar-refractivity contribution in [2.24, 2.45) is 0 Å². The third kappa shape index (κ3) is 4.45. The van der Waals surface area contributed by atoms with Gasteiger partial charge >= 0.3 is 0 Å². The van der Waals surface area contributed by atoms with E-state index in [4.69, 9.17) is 9.15 Å². The van der Waals surface area contributed by atoms with E-state index < -0.39 is 0 Å². The standard InChI is InChI=1S/C22H26N2O3S/c25-22(20-21(28-15-14-27-20)17-8-3-1-4-9-17)23-16-18(19-10-7-13-26-19)24-11-5-2-6-12-24/h1,3-4,7-10,13,18H,2,5-6,11-12,14-16H2,(H,23,25)/t18-/m0/s1. The van der Waals surface area contributed by atoms with Gasteiger partial charge in [0.05, 0.1) is 23.8 Å². The van der Waals surface area contributed by atoms with Crippen LogP contribution in [0.3, 0.4) is 0 Å². The lowest BCUT2D eigenvalue weighted by Crippen LogP contribution is -2.41. The fraction of sp³-hybridized carbons (Fsp3) is 0.409. The Kier molecular flexibility index (Phi) is 6.39. The number of hydrogen-bond donors (Lipinski definition) is 1. The van der Waals surface area contributed by atoms with Crippen LogP contribution >= 0.6 is 11.8 Å². The topological polar surface area (TPSA) is 54.7 Å². The van der Waals surface area contributed by atoms with E-state index in [0.717, 1.165) is 35.1 Å². The molecule has 0 spiro atoms. The molecule has 148 valence electrons. The molecule has 6 heteroatoms. The van der Waals surface area contributed by atoms with Crippen molar-refractivity contribution in [2.45, 2.75) is 25.3 Å². The maximum absolute atomic E-state index is 13.0. The molecule has 1 fully saturated rings. The molecule has 1 atom stereocenters. The van der Waals surface area contributed by atoms with Gasteiger partial charge in [-0.25, -0.2) is 0 Å². The molecule has 0 bridgehead atoms. The van der Waals surface area contributed by atoms with Crippen molar-refractivity contribution < 1.29 is 13.9 Å². The number of hydrogen-bond acceptors (Lipinski definition) is 5. The summed E-state index contributed by atoms with van der Waals surface area (Å²) in [6.45, 7) is 3.13. The predicted octanol–water partition coefficient (Wildman–Crippen LogP) is 4.06. The summed E-state index contributed by atoms with van der Waals surface area (Å²) < 4.78 is 11.5. The lowest BCUT2D eigenvalue weighted by atomic mass is 10.1. The van der Waals surface area contributed by atoms with Crippen LogP contribution in [0.4, 0.5) is 0 Å². The predicted molar refractivity (Wildman–Crippen MR) is 112 cm³/mol. The summed E-state index contributed by atoms with van der Waals surface area (Å²) in [5.74, 6) is 2.03. The highest BCUT2D eigenvalue weighted by Gasteiger charge is 2.27. The molecule has 1 N–H and O–H groups in total. The highest BCUT2D eigenvalue weighted by molar-refractivity contribution is 8.08. The van der Waals surface area contributed by atoms with E-state index in [2.05, 4.69) is 10.2 Å². The molecule has 28 heavy (non-hydrogen) atoms. The number of ether oxygens (including phenoxy) is 1. The van der Waals surface area contributed by atoms with Crippen molar-refractivity contribution in [3.05, 3.63) is 65.8 Å². The first-order chi connectivity index (χ1) is 13.8. The second-order valence-electron chi connectivity index (χ2n) is 7.06. The average Bonchev–Trinajstić information content (AvgIpc) is 3.30. The highest BCUT2D eigenvalue weighted by Crippen LogP contribution is 2.34. The Labute approximate surface area is 170 Å². The lowest BCUT2D eigenvalue weighted by Gasteiger charge is -2.33. The Morgan fingerprint density at radius 3 is 2.68 bits per heavy atom. The van der Waals surface area contributed by atoms with Crippen molar-refractivity contribution >= 4 is 22.6 Å². The molecule has 2 aromatic rings. The van der Waals surface area contributed by atoms with Gasteiger partial charge in [0.1, 0.15) is 5.76 Å². The fourth-order valence-corrected chi connectivity index (χ4v) is 4.74. The van der Waals surface area contributed by atoms with Gasteiger partial charge in [-0.2, -0.15) is 0 Å². The number of carbonyl (C=O) groups is 1. The van der Waals surface area contributed by atoms with Crippen LogP contribution in [0, 0.1) is 0 Å². The first-order valence-corrected chi connectivity index (χ1v) is 10.9. The number of likely N-dealkylation sites (tertiary alicyclic amines) is 1. The first kappa shape index (κ1) is 19.2. The van der Waals surface area contributed by atoms with Crippen LogP contribution in [0.2, 0.25) is 0 Å². The largest absolute Gasteiger partial charge is 0.486 e. The molecular weight excluding hydrogens is 372 g/mol. The summed E-state index contributed by atoms with van der Waals surface area (Å²) in [5, 5.41) is 3.10. The Balaban J connectivity index is 1.50. The number of nitrogens with zero attached hydrogens (tertiary/aromatic N) is 1. The zero-order chi connectivity index (χ0) is 19.2. The molecule has 1 aromatic carbocycles. The number of furan rings is 1. The molecule has 4 rings (SSSR count). The zero-order valence-electron chi connectivity index (χ0n) is 15.9. The van der Waals surface area contributed by atoms with Crippen molar-refractivity contribution in [1.29, 1.82) is 0 Å². The number of piperidine rings is 1. The van der Waals surface area contributed by atoms with Crippen LogP contribution in [0.25, 0.3) is 4.91 Å². The van der Waals surface area contributed by atoms with Gasteiger partial charge in [-0.05, 0) is 43.6 Å². The maximum atomic E-state index is 13.0. The molecule has 1 saturated heterocycles. The monoisotopic (exact) mass is 398 g/mol. The second kappa shape index (κ2) is 9.34. The number of nitrogens with one attached hydrogen (secondary N) is 1. The molecule has 0 aliphatic carbocycles. The number of thioether (sulfide) groups is 1. The normalized spacial score (nSPS) is 19.1. The maximum Gasteiger partial charge on any atom is 0.287 e. The Morgan fingerprint density at radius 1 is 1.11 bits per heavy atom. The van der Waals surface area contributed by atoms with E-state index in [1.54, 1.807) is 18.0 Å². The third-order valence-electron chi connectivity index (χ3n) is 5.18. The van der Waals surface area contributed by atoms with Gasteiger partial charge in [-0.1, -0.05) is 36.8 Å². The van der Waals surface area contributed by atoms with Gasteiger partial charge < -0.3 is 14.5 Å². The van der Waals surface area contributed by atoms with Gasteiger partial charge in [-0.3, -0.25) is 9.69 Å². The first-order valence-electron chi connectivity index (χ1n) is 9.94. The van der Waals surface area contributed by atoms with E-state index in [-0.39, 0.29) is 11.9 Å². The Morgan fingerprint density at radius 2 is 1.93 bits per heavy atom. The summed E-state index contributed by atoms with van der Waals surface area (Å²) in [5.41, 5.74) is 1.02. The molecule has 0 radical (unpaired) electrons. The van der Waals surface area contributed by atoms with Crippen LogP contribution in [0.5, 0.6) is 0 Å². The van der Waals surface area contributed by atoms with Crippen LogP contribution in [0.15, 0.2) is 58.9 Å². The molecule has 1 aromatic heterocycles. The van der Waals surface area contributed by atoms with E-state index in [1.165, 1.54) is 19.3 Å². The van der Waals surface area contributed by atoms with E-state index in [9.17, 15) is 4.79 Å². The fourth-order valence-electron chi connectivity index (χ4n) is 3.78. The van der Waals surface area contributed by atoms with Gasteiger partial charge in [0, 0.05) is 12.3 Å². The van der Waals surface area contributed by atoms with Crippen LogP contribution in [-0.2, 0) is 9.53 Å². The lowest BCUT2D eigenvalue weighted by molar-refractivity contribution is -0.121.